The van der Waals surface area contributed by atoms with Gasteiger partial charge in [0.05, 0.1) is 6.10 Å². The summed E-state index contributed by atoms with van der Waals surface area (Å²) in [6, 6.07) is 0.473. The SMILES string of the molecule is CC(C)(C)OC(=O)NCC1CN[C@@H]2CCO[C@H]12. The summed E-state index contributed by atoms with van der Waals surface area (Å²) in [7, 11) is 0. The second-order valence-corrected chi connectivity index (χ2v) is 5.78. The third-order valence-corrected chi connectivity index (χ3v) is 3.15. The molecule has 0 spiro atoms. The predicted molar refractivity (Wildman–Crippen MR) is 63.9 cm³/mol. The molecular formula is C12H22N2O3. The van der Waals surface area contributed by atoms with Crippen molar-refractivity contribution < 1.29 is 14.3 Å². The van der Waals surface area contributed by atoms with Crippen LogP contribution in [0.1, 0.15) is 27.2 Å². The molecule has 17 heavy (non-hydrogen) atoms. The molecule has 0 saturated carbocycles. The van der Waals surface area contributed by atoms with Crippen LogP contribution in [-0.2, 0) is 9.47 Å². The van der Waals surface area contributed by atoms with Gasteiger partial charge in [0.1, 0.15) is 5.60 Å². The lowest BCUT2D eigenvalue weighted by atomic mass is 10.0. The number of hydrogen-bond acceptors (Lipinski definition) is 4. The van der Waals surface area contributed by atoms with Crippen molar-refractivity contribution in [2.75, 3.05) is 19.7 Å². The van der Waals surface area contributed by atoms with E-state index in [4.69, 9.17) is 9.47 Å². The zero-order valence-electron chi connectivity index (χ0n) is 10.8. The highest BCUT2D eigenvalue weighted by Crippen LogP contribution is 2.25. The van der Waals surface area contributed by atoms with E-state index in [-0.39, 0.29) is 12.2 Å². The van der Waals surface area contributed by atoms with E-state index in [9.17, 15) is 4.79 Å². The monoisotopic (exact) mass is 242 g/mol. The lowest BCUT2D eigenvalue weighted by Gasteiger charge is -2.22. The van der Waals surface area contributed by atoms with E-state index in [0.717, 1.165) is 19.6 Å². The van der Waals surface area contributed by atoms with E-state index in [1.54, 1.807) is 0 Å². The Balaban J connectivity index is 1.73. The second-order valence-electron chi connectivity index (χ2n) is 5.78. The largest absolute Gasteiger partial charge is 0.444 e. The molecule has 1 unspecified atom stereocenters. The number of ether oxygens (including phenoxy) is 2. The van der Waals surface area contributed by atoms with Gasteiger partial charge in [0.2, 0.25) is 0 Å². The van der Waals surface area contributed by atoms with Crippen LogP contribution in [0.4, 0.5) is 4.79 Å². The molecule has 0 aromatic carbocycles. The molecule has 2 heterocycles. The van der Waals surface area contributed by atoms with Crippen molar-refractivity contribution in [2.45, 2.75) is 44.9 Å². The van der Waals surface area contributed by atoms with Gasteiger partial charge in [-0.05, 0) is 27.2 Å². The van der Waals surface area contributed by atoms with Crippen LogP contribution in [0.25, 0.3) is 0 Å². The number of alkyl carbamates (subject to hydrolysis) is 1. The van der Waals surface area contributed by atoms with Crippen molar-refractivity contribution in [2.24, 2.45) is 5.92 Å². The van der Waals surface area contributed by atoms with E-state index < -0.39 is 5.60 Å². The zero-order chi connectivity index (χ0) is 12.5. The molecule has 98 valence electrons. The fraction of sp³-hybridized carbons (Fsp3) is 0.917. The molecule has 1 amide bonds. The predicted octanol–water partition coefficient (Wildman–Crippen LogP) is 0.888. The van der Waals surface area contributed by atoms with Crippen LogP contribution >= 0.6 is 0 Å². The van der Waals surface area contributed by atoms with Gasteiger partial charge in [-0.3, -0.25) is 0 Å². The van der Waals surface area contributed by atoms with Crippen molar-refractivity contribution in [3.8, 4) is 0 Å². The highest BCUT2D eigenvalue weighted by atomic mass is 16.6. The minimum Gasteiger partial charge on any atom is -0.444 e. The zero-order valence-corrected chi connectivity index (χ0v) is 10.8. The van der Waals surface area contributed by atoms with Gasteiger partial charge in [-0.15, -0.1) is 0 Å². The maximum absolute atomic E-state index is 11.5. The summed E-state index contributed by atoms with van der Waals surface area (Å²) in [5, 5.41) is 6.24. The Morgan fingerprint density at radius 2 is 2.29 bits per heavy atom. The van der Waals surface area contributed by atoms with Crippen LogP contribution in [0.5, 0.6) is 0 Å². The van der Waals surface area contributed by atoms with Gasteiger partial charge in [-0.2, -0.15) is 0 Å². The summed E-state index contributed by atoms with van der Waals surface area (Å²) in [5.41, 5.74) is -0.440. The molecule has 0 radical (unpaired) electrons. The summed E-state index contributed by atoms with van der Waals surface area (Å²) in [4.78, 5) is 11.5. The van der Waals surface area contributed by atoms with Crippen LogP contribution in [0.2, 0.25) is 0 Å². The molecule has 2 N–H and O–H groups in total. The lowest BCUT2D eigenvalue weighted by molar-refractivity contribution is 0.0472. The molecule has 5 heteroatoms. The Bertz CT molecular complexity index is 288. The van der Waals surface area contributed by atoms with Crippen molar-refractivity contribution in [3.63, 3.8) is 0 Å². The Kier molecular flexibility index (Phi) is 3.58. The molecule has 2 aliphatic rings. The first-order valence-corrected chi connectivity index (χ1v) is 6.27. The number of carbonyl (C=O) groups is 1. The minimum absolute atomic E-state index is 0.255. The number of fused-ring (bicyclic) bond motifs is 1. The number of hydrogen-bond donors (Lipinski definition) is 2. The number of nitrogens with one attached hydrogen (secondary N) is 2. The van der Waals surface area contributed by atoms with E-state index in [1.165, 1.54) is 0 Å². The average Bonchev–Trinajstić information content (AvgIpc) is 2.73. The van der Waals surface area contributed by atoms with Gasteiger partial charge in [0.25, 0.3) is 0 Å². The standard InChI is InChI=1S/C12H22N2O3/c1-12(2,3)17-11(15)14-7-8-6-13-9-4-5-16-10(8)9/h8-10,13H,4-7H2,1-3H3,(H,14,15)/t8?,9-,10-/m1/s1. The highest BCUT2D eigenvalue weighted by Gasteiger charge is 2.40. The number of amides is 1. The first-order chi connectivity index (χ1) is 7.96. The fourth-order valence-electron chi connectivity index (χ4n) is 2.43. The van der Waals surface area contributed by atoms with Crippen molar-refractivity contribution >= 4 is 6.09 Å². The molecule has 2 aliphatic heterocycles. The molecule has 0 aromatic heterocycles. The van der Waals surface area contributed by atoms with E-state index in [1.807, 2.05) is 20.8 Å². The molecule has 0 aromatic rings. The molecule has 2 fully saturated rings. The molecule has 3 atom stereocenters. The van der Waals surface area contributed by atoms with Crippen molar-refractivity contribution in [3.05, 3.63) is 0 Å². The molecule has 0 bridgehead atoms. The molecular weight excluding hydrogens is 220 g/mol. The fourth-order valence-corrected chi connectivity index (χ4v) is 2.43. The molecule has 2 saturated heterocycles. The van der Waals surface area contributed by atoms with Gasteiger partial charge in [0, 0.05) is 31.7 Å². The summed E-state index contributed by atoms with van der Waals surface area (Å²) in [5.74, 6) is 0.356. The number of rotatable bonds is 2. The average molecular weight is 242 g/mol. The van der Waals surface area contributed by atoms with E-state index in [2.05, 4.69) is 10.6 Å². The van der Waals surface area contributed by atoms with Crippen LogP contribution < -0.4 is 10.6 Å². The highest BCUT2D eigenvalue weighted by molar-refractivity contribution is 5.67. The first-order valence-electron chi connectivity index (χ1n) is 6.27. The van der Waals surface area contributed by atoms with E-state index in [0.29, 0.717) is 18.5 Å². The number of carbonyl (C=O) groups excluding carboxylic acids is 1. The van der Waals surface area contributed by atoms with Gasteiger partial charge < -0.3 is 20.1 Å². The van der Waals surface area contributed by atoms with Crippen molar-refractivity contribution in [1.82, 2.24) is 10.6 Å². The first kappa shape index (κ1) is 12.6. The lowest BCUT2D eigenvalue weighted by Crippen LogP contribution is -2.38. The van der Waals surface area contributed by atoms with Gasteiger partial charge in [0.15, 0.2) is 0 Å². The third kappa shape index (κ3) is 3.33. The Labute approximate surface area is 102 Å². The summed E-state index contributed by atoms with van der Waals surface area (Å²) in [6.45, 7) is 7.93. The Morgan fingerprint density at radius 3 is 3.00 bits per heavy atom. The quantitative estimate of drug-likeness (QED) is 0.755. The molecule has 0 aliphatic carbocycles. The van der Waals surface area contributed by atoms with Gasteiger partial charge in [-0.25, -0.2) is 4.79 Å². The van der Waals surface area contributed by atoms with Crippen LogP contribution in [0.3, 0.4) is 0 Å². The van der Waals surface area contributed by atoms with Crippen molar-refractivity contribution in [1.29, 1.82) is 0 Å². The normalized spacial score (nSPS) is 32.3. The van der Waals surface area contributed by atoms with Gasteiger partial charge >= 0.3 is 6.09 Å². The van der Waals surface area contributed by atoms with Crippen LogP contribution in [0, 0.1) is 5.92 Å². The maximum atomic E-state index is 11.5. The Hall–Kier alpha value is -0.810. The van der Waals surface area contributed by atoms with Crippen LogP contribution in [0.15, 0.2) is 0 Å². The summed E-state index contributed by atoms with van der Waals surface area (Å²) in [6.07, 6.45) is 0.983. The second kappa shape index (κ2) is 4.82. The molecule has 5 nitrogen and oxygen atoms in total. The van der Waals surface area contributed by atoms with E-state index >= 15 is 0 Å². The van der Waals surface area contributed by atoms with Gasteiger partial charge in [-0.1, -0.05) is 0 Å². The third-order valence-electron chi connectivity index (χ3n) is 3.15. The topological polar surface area (TPSA) is 59.6 Å². The summed E-state index contributed by atoms with van der Waals surface area (Å²) >= 11 is 0. The minimum atomic E-state index is -0.440. The Morgan fingerprint density at radius 1 is 1.53 bits per heavy atom. The molecule has 2 rings (SSSR count). The smallest absolute Gasteiger partial charge is 0.407 e. The maximum Gasteiger partial charge on any atom is 0.407 e. The summed E-state index contributed by atoms with van der Waals surface area (Å²) < 4.78 is 10.9. The van der Waals surface area contributed by atoms with Crippen LogP contribution in [-0.4, -0.2) is 43.5 Å².